The molecule has 0 unspecified atom stereocenters. The zero-order valence-electron chi connectivity index (χ0n) is 17.0. The third-order valence-corrected chi connectivity index (χ3v) is 5.15. The van der Waals surface area contributed by atoms with Gasteiger partial charge in [-0.3, -0.25) is 4.79 Å². The fourth-order valence-electron chi connectivity index (χ4n) is 2.72. The van der Waals surface area contributed by atoms with E-state index < -0.39 is 27.1 Å². The van der Waals surface area contributed by atoms with E-state index in [-0.39, 0.29) is 17.7 Å². The molecule has 0 aliphatic rings. The molecule has 9 nitrogen and oxygen atoms in total. The predicted octanol–water partition coefficient (Wildman–Crippen LogP) is 3.19. The van der Waals surface area contributed by atoms with Crippen LogP contribution in [-0.2, 0) is 14.8 Å². The van der Waals surface area contributed by atoms with Crippen LogP contribution in [-0.4, -0.2) is 30.3 Å². The maximum atomic E-state index is 12.5. The molecular weight excluding hydrogens is 394 g/mol. The van der Waals surface area contributed by atoms with Crippen LogP contribution in [0.4, 0.5) is 16.3 Å². The van der Waals surface area contributed by atoms with Crippen molar-refractivity contribution in [3.8, 4) is 0 Å². The third kappa shape index (κ3) is 5.74. The number of hydrogen-bond acceptors (Lipinski definition) is 6. The molecule has 1 aromatic heterocycles. The van der Waals surface area contributed by atoms with Gasteiger partial charge in [0.2, 0.25) is 5.91 Å². The smallest absolute Gasteiger partial charge is 0.311 e. The van der Waals surface area contributed by atoms with E-state index in [1.54, 1.807) is 0 Å². The Hall–Kier alpha value is -3.01. The summed E-state index contributed by atoms with van der Waals surface area (Å²) in [6.45, 7) is 9.21. The van der Waals surface area contributed by atoms with Crippen molar-refractivity contribution in [3.05, 3.63) is 41.6 Å². The third-order valence-electron chi connectivity index (χ3n) is 4.02. The number of urea groups is 1. The van der Waals surface area contributed by atoms with E-state index in [1.165, 1.54) is 19.2 Å². The van der Waals surface area contributed by atoms with E-state index in [1.807, 2.05) is 50.6 Å². The largest absolute Gasteiger partial charge is 0.333 e. The van der Waals surface area contributed by atoms with Crippen molar-refractivity contribution in [2.75, 3.05) is 10.6 Å². The molecule has 1 heterocycles. The Labute approximate surface area is 170 Å². The number of carbonyl (C=O) groups excluding carboxylic acids is 2. The number of amides is 3. The Morgan fingerprint density at radius 3 is 2.07 bits per heavy atom. The van der Waals surface area contributed by atoms with Crippen LogP contribution in [0.1, 0.15) is 57.6 Å². The number of nitrogens with zero attached hydrogens (tertiary/aromatic N) is 2. The van der Waals surface area contributed by atoms with Crippen LogP contribution in [0.3, 0.4) is 0 Å². The van der Waals surface area contributed by atoms with Gasteiger partial charge in [0.1, 0.15) is 5.82 Å². The van der Waals surface area contributed by atoms with Crippen LogP contribution in [0, 0.1) is 0 Å². The van der Waals surface area contributed by atoms with E-state index in [0.29, 0.717) is 5.69 Å². The summed E-state index contributed by atoms with van der Waals surface area (Å²) in [4.78, 5) is 31.1. The number of nitrogens with one attached hydrogen (secondary N) is 3. The monoisotopic (exact) mass is 419 g/mol. The molecule has 3 N–H and O–H groups in total. The molecule has 0 spiro atoms. The van der Waals surface area contributed by atoms with Crippen molar-refractivity contribution in [1.29, 1.82) is 0 Å². The summed E-state index contributed by atoms with van der Waals surface area (Å²) in [5.74, 6) is -0.152. The second-order valence-electron chi connectivity index (χ2n) is 7.09. The van der Waals surface area contributed by atoms with E-state index in [2.05, 4.69) is 20.6 Å². The highest BCUT2D eigenvalue weighted by molar-refractivity contribution is 7.89. The highest BCUT2D eigenvalue weighted by Gasteiger charge is 2.23. The maximum Gasteiger partial charge on any atom is 0.333 e. The molecule has 0 aliphatic heterocycles. The van der Waals surface area contributed by atoms with Gasteiger partial charge in [-0.25, -0.2) is 14.5 Å². The van der Waals surface area contributed by atoms with E-state index in [0.717, 1.165) is 11.1 Å². The van der Waals surface area contributed by atoms with Gasteiger partial charge in [0, 0.05) is 18.8 Å². The first-order chi connectivity index (χ1) is 13.5. The highest BCUT2D eigenvalue weighted by atomic mass is 32.2. The zero-order valence-corrected chi connectivity index (χ0v) is 17.8. The van der Waals surface area contributed by atoms with Gasteiger partial charge in [-0.2, -0.15) is 13.4 Å². The van der Waals surface area contributed by atoms with Gasteiger partial charge in [0.25, 0.3) is 5.16 Å². The van der Waals surface area contributed by atoms with Crippen molar-refractivity contribution in [1.82, 2.24) is 14.7 Å². The normalized spacial score (nSPS) is 11.4. The van der Waals surface area contributed by atoms with Crippen LogP contribution < -0.4 is 15.4 Å². The van der Waals surface area contributed by atoms with E-state index in [4.69, 9.17) is 0 Å². The topological polar surface area (TPSA) is 130 Å². The fraction of sp³-hybridized carbons (Fsp3) is 0.368. The summed E-state index contributed by atoms with van der Waals surface area (Å²) in [6, 6.07) is 6.11. The lowest BCUT2D eigenvalue weighted by Gasteiger charge is -2.20. The van der Waals surface area contributed by atoms with E-state index >= 15 is 0 Å². The number of aromatic nitrogens is 2. The number of rotatable bonds is 6. The summed E-state index contributed by atoms with van der Waals surface area (Å²) in [7, 11) is -4.34. The lowest BCUT2D eigenvalue weighted by atomic mass is 9.93. The summed E-state index contributed by atoms with van der Waals surface area (Å²) in [6.07, 6.45) is 1.18. The first-order valence-electron chi connectivity index (χ1n) is 9.08. The standard InChI is InChI=1S/C19H25N5O4S/c1-11(2)14-7-6-8-15(12(3)4)17(14)23-18(26)24-29(27,28)19-20-10-9-16(22-19)21-13(5)25/h6-12H,1-5H3,(H2,23,24,26)(H,20,21,22,25). The molecule has 1 aromatic carbocycles. The zero-order chi connectivity index (χ0) is 21.8. The fourth-order valence-corrected chi connectivity index (χ4v) is 3.53. The molecule has 29 heavy (non-hydrogen) atoms. The van der Waals surface area contributed by atoms with Crippen molar-refractivity contribution in [2.24, 2.45) is 0 Å². The molecule has 156 valence electrons. The van der Waals surface area contributed by atoms with Gasteiger partial charge in [0.15, 0.2) is 0 Å². The lowest BCUT2D eigenvalue weighted by molar-refractivity contribution is -0.114. The van der Waals surface area contributed by atoms with Gasteiger partial charge >= 0.3 is 16.1 Å². The summed E-state index contributed by atoms with van der Waals surface area (Å²) < 4.78 is 26.9. The van der Waals surface area contributed by atoms with Crippen molar-refractivity contribution in [2.45, 2.75) is 51.6 Å². The van der Waals surface area contributed by atoms with Gasteiger partial charge in [-0.15, -0.1) is 0 Å². The van der Waals surface area contributed by atoms with Crippen LogP contribution in [0.15, 0.2) is 35.6 Å². The highest BCUT2D eigenvalue weighted by Crippen LogP contribution is 2.32. The van der Waals surface area contributed by atoms with Crippen LogP contribution in [0.5, 0.6) is 0 Å². The summed E-state index contributed by atoms with van der Waals surface area (Å²) in [5, 5.41) is 4.40. The van der Waals surface area contributed by atoms with Gasteiger partial charge in [0.05, 0.1) is 0 Å². The molecule has 0 bridgehead atoms. The molecule has 0 atom stereocenters. The lowest BCUT2D eigenvalue weighted by Crippen LogP contribution is -2.36. The SMILES string of the molecule is CC(=O)Nc1ccnc(S(=O)(=O)NC(=O)Nc2c(C(C)C)cccc2C(C)C)n1. The average Bonchev–Trinajstić information content (AvgIpc) is 2.60. The Balaban J connectivity index is 2.28. The van der Waals surface area contributed by atoms with Crippen molar-refractivity contribution in [3.63, 3.8) is 0 Å². The maximum absolute atomic E-state index is 12.5. The Morgan fingerprint density at radius 1 is 0.966 bits per heavy atom. The Morgan fingerprint density at radius 2 is 1.55 bits per heavy atom. The molecule has 0 aliphatic carbocycles. The molecule has 3 amide bonds. The first-order valence-corrected chi connectivity index (χ1v) is 10.6. The van der Waals surface area contributed by atoms with Gasteiger partial charge in [-0.1, -0.05) is 45.9 Å². The number of anilines is 2. The van der Waals surface area contributed by atoms with Crippen molar-refractivity contribution >= 4 is 33.5 Å². The van der Waals surface area contributed by atoms with E-state index in [9.17, 15) is 18.0 Å². The number of hydrogen-bond donors (Lipinski definition) is 3. The minimum Gasteiger partial charge on any atom is -0.311 e. The molecule has 2 aromatic rings. The summed E-state index contributed by atoms with van der Waals surface area (Å²) >= 11 is 0. The second-order valence-corrected chi connectivity index (χ2v) is 8.66. The first kappa shape index (κ1) is 22.3. The molecule has 0 fully saturated rings. The molecule has 2 rings (SSSR count). The molecule has 0 saturated carbocycles. The number of sulfonamides is 1. The second kappa shape index (κ2) is 8.99. The quantitative estimate of drug-likeness (QED) is 0.617. The minimum atomic E-state index is -4.34. The molecule has 10 heteroatoms. The Kier molecular flexibility index (Phi) is 6.91. The molecule has 0 saturated heterocycles. The van der Waals surface area contributed by atoms with Crippen LogP contribution in [0.2, 0.25) is 0 Å². The van der Waals surface area contributed by atoms with Crippen molar-refractivity contribution < 1.29 is 18.0 Å². The number of para-hydroxylation sites is 1. The summed E-state index contributed by atoms with van der Waals surface area (Å²) in [5.41, 5.74) is 2.37. The van der Waals surface area contributed by atoms with Gasteiger partial charge < -0.3 is 10.6 Å². The Bertz CT molecular complexity index is 993. The minimum absolute atomic E-state index is 0.0144. The number of carbonyl (C=O) groups is 2. The van der Waals surface area contributed by atoms with Gasteiger partial charge in [-0.05, 0) is 29.0 Å². The number of benzene rings is 1. The predicted molar refractivity (Wildman–Crippen MR) is 110 cm³/mol. The molecular formula is C19H25N5O4S. The average molecular weight is 420 g/mol. The molecule has 0 radical (unpaired) electrons. The van der Waals surface area contributed by atoms with Crippen LogP contribution in [0.25, 0.3) is 0 Å². The van der Waals surface area contributed by atoms with Crippen LogP contribution >= 0.6 is 0 Å².